The predicted molar refractivity (Wildman–Crippen MR) is 55.6 cm³/mol. The lowest BCUT2D eigenvalue weighted by Gasteiger charge is -2.34. The second-order valence-corrected chi connectivity index (χ2v) is 5.60. The molecule has 1 heterocycles. The number of rotatable bonds is 2. The lowest BCUT2D eigenvalue weighted by atomic mass is 10.2. The lowest BCUT2D eigenvalue weighted by molar-refractivity contribution is 0.0548. The molecule has 3 N–H and O–H groups in total. The smallest absolute Gasteiger partial charge is 0.243 e. The summed E-state index contributed by atoms with van der Waals surface area (Å²) < 4.78 is 37.7. The van der Waals surface area contributed by atoms with Crippen LogP contribution in [0.2, 0.25) is 0 Å². The van der Waals surface area contributed by atoms with Gasteiger partial charge in [0.1, 0.15) is 5.82 Å². The number of nitrogens with zero attached hydrogens (tertiary/aromatic N) is 1. The van der Waals surface area contributed by atoms with Gasteiger partial charge in [0, 0.05) is 13.1 Å². The van der Waals surface area contributed by atoms with E-state index in [1.807, 2.05) is 0 Å². The molecule has 5 nitrogen and oxygen atoms in total. The zero-order valence-electron chi connectivity index (χ0n) is 8.30. The summed E-state index contributed by atoms with van der Waals surface area (Å²) in [7, 11) is -3.65. The minimum absolute atomic E-state index is 0.0571. The van der Waals surface area contributed by atoms with E-state index in [1.165, 1.54) is 0 Å². The second-order valence-electron chi connectivity index (χ2n) is 3.66. The van der Waals surface area contributed by atoms with Gasteiger partial charge in [-0.1, -0.05) is 0 Å². The van der Waals surface area contributed by atoms with Gasteiger partial charge in [0.25, 0.3) is 0 Å². The highest BCUT2D eigenvalue weighted by Crippen LogP contribution is 2.23. The summed E-state index contributed by atoms with van der Waals surface area (Å²) in [6.07, 6.45) is -0.618. The SMILES string of the molecule is Nc1cc(S(=O)(=O)N2CC(O)C2)ccc1F. The number of hydrogen-bond acceptors (Lipinski definition) is 4. The Hall–Kier alpha value is -1.18. The molecule has 0 bridgehead atoms. The van der Waals surface area contributed by atoms with E-state index in [-0.39, 0.29) is 23.7 Å². The monoisotopic (exact) mass is 246 g/mol. The van der Waals surface area contributed by atoms with Crippen LogP contribution >= 0.6 is 0 Å². The summed E-state index contributed by atoms with van der Waals surface area (Å²) >= 11 is 0. The van der Waals surface area contributed by atoms with Crippen LogP contribution in [0.15, 0.2) is 23.1 Å². The van der Waals surface area contributed by atoms with Crippen molar-refractivity contribution in [2.24, 2.45) is 0 Å². The van der Waals surface area contributed by atoms with E-state index in [1.54, 1.807) is 0 Å². The van der Waals surface area contributed by atoms with Crippen LogP contribution in [0, 0.1) is 5.82 Å². The molecule has 0 unspecified atom stereocenters. The number of aliphatic hydroxyl groups is 1. The van der Waals surface area contributed by atoms with E-state index in [2.05, 4.69) is 0 Å². The Kier molecular flexibility index (Phi) is 2.61. The number of nitrogens with two attached hydrogens (primary N) is 1. The Morgan fingerprint density at radius 2 is 2.06 bits per heavy atom. The summed E-state index contributed by atoms with van der Waals surface area (Å²) in [6.45, 7) is 0.138. The first-order chi connectivity index (χ1) is 7.41. The first-order valence-corrected chi connectivity index (χ1v) is 6.08. The molecule has 1 aliphatic rings. The molecule has 1 aromatic carbocycles. The highest BCUT2D eigenvalue weighted by Gasteiger charge is 2.35. The third-order valence-corrected chi connectivity index (χ3v) is 4.26. The number of nitrogen functional groups attached to an aromatic ring is 1. The fraction of sp³-hybridized carbons (Fsp3) is 0.333. The zero-order chi connectivity index (χ0) is 11.9. The van der Waals surface area contributed by atoms with E-state index in [4.69, 9.17) is 10.8 Å². The molecule has 16 heavy (non-hydrogen) atoms. The molecule has 0 spiro atoms. The maximum Gasteiger partial charge on any atom is 0.243 e. The van der Waals surface area contributed by atoms with Crippen LogP contribution in [-0.2, 0) is 10.0 Å². The minimum Gasteiger partial charge on any atom is -0.396 e. The van der Waals surface area contributed by atoms with Crippen molar-refractivity contribution < 1.29 is 17.9 Å². The van der Waals surface area contributed by atoms with Crippen LogP contribution in [-0.4, -0.2) is 37.0 Å². The van der Waals surface area contributed by atoms with Crippen molar-refractivity contribution in [2.45, 2.75) is 11.0 Å². The van der Waals surface area contributed by atoms with Gasteiger partial charge in [0.15, 0.2) is 0 Å². The summed E-state index contributed by atoms with van der Waals surface area (Å²) in [6, 6.07) is 3.25. The van der Waals surface area contributed by atoms with Gasteiger partial charge < -0.3 is 10.8 Å². The van der Waals surface area contributed by atoms with Crippen LogP contribution in [0.25, 0.3) is 0 Å². The van der Waals surface area contributed by atoms with Gasteiger partial charge in [-0.25, -0.2) is 12.8 Å². The molecule has 1 fully saturated rings. The van der Waals surface area contributed by atoms with Crippen molar-refractivity contribution in [3.63, 3.8) is 0 Å². The number of sulfonamides is 1. The van der Waals surface area contributed by atoms with Gasteiger partial charge in [0.2, 0.25) is 10.0 Å². The number of aliphatic hydroxyl groups excluding tert-OH is 1. The summed E-state index contributed by atoms with van der Waals surface area (Å²) in [5, 5.41) is 9.04. The third kappa shape index (κ3) is 1.77. The summed E-state index contributed by atoms with van der Waals surface area (Å²) in [5.41, 5.74) is 5.09. The molecule has 2 rings (SSSR count). The van der Waals surface area contributed by atoms with E-state index in [0.29, 0.717) is 0 Å². The Labute approximate surface area is 92.3 Å². The van der Waals surface area contributed by atoms with Crippen LogP contribution in [0.1, 0.15) is 0 Å². The molecule has 0 atom stereocenters. The van der Waals surface area contributed by atoms with E-state index >= 15 is 0 Å². The van der Waals surface area contributed by atoms with Crippen LogP contribution in [0.4, 0.5) is 10.1 Å². The Morgan fingerprint density at radius 3 is 2.56 bits per heavy atom. The van der Waals surface area contributed by atoms with Gasteiger partial charge >= 0.3 is 0 Å². The van der Waals surface area contributed by atoms with Gasteiger partial charge in [-0.15, -0.1) is 0 Å². The minimum atomic E-state index is -3.65. The van der Waals surface area contributed by atoms with Crippen molar-refractivity contribution >= 4 is 15.7 Å². The second kappa shape index (κ2) is 3.69. The Bertz CT molecular complexity index is 511. The molecule has 0 aromatic heterocycles. The number of benzene rings is 1. The lowest BCUT2D eigenvalue weighted by Crippen LogP contribution is -2.53. The molecule has 0 aliphatic carbocycles. The molecule has 7 heteroatoms. The number of hydrogen-bond donors (Lipinski definition) is 2. The van der Waals surface area contributed by atoms with E-state index in [9.17, 15) is 12.8 Å². The topological polar surface area (TPSA) is 83.6 Å². The quantitative estimate of drug-likeness (QED) is 0.706. The number of halogens is 1. The van der Waals surface area contributed by atoms with Crippen molar-refractivity contribution in [2.75, 3.05) is 18.8 Å². The zero-order valence-corrected chi connectivity index (χ0v) is 9.11. The predicted octanol–water partition coefficient (Wildman–Crippen LogP) is -0.227. The van der Waals surface area contributed by atoms with Gasteiger partial charge in [0.05, 0.1) is 16.7 Å². The third-order valence-electron chi connectivity index (χ3n) is 2.43. The maximum atomic E-state index is 12.9. The van der Waals surface area contributed by atoms with Gasteiger partial charge in [-0.3, -0.25) is 0 Å². The molecule has 1 aliphatic heterocycles. The standard InChI is InChI=1S/C9H11FN2O3S/c10-8-2-1-7(3-9(8)11)16(14,15)12-4-6(13)5-12/h1-3,6,13H,4-5,11H2. The Morgan fingerprint density at radius 1 is 1.44 bits per heavy atom. The fourth-order valence-corrected chi connectivity index (χ4v) is 2.99. The van der Waals surface area contributed by atoms with Crippen molar-refractivity contribution in [3.8, 4) is 0 Å². The van der Waals surface area contributed by atoms with Crippen molar-refractivity contribution in [1.29, 1.82) is 0 Å². The molecule has 88 valence electrons. The summed E-state index contributed by atoms with van der Waals surface area (Å²) in [5.74, 6) is -0.650. The first-order valence-electron chi connectivity index (χ1n) is 4.64. The summed E-state index contributed by atoms with van der Waals surface area (Å²) in [4.78, 5) is -0.0571. The first kappa shape index (κ1) is 11.3. The highest BCUT2D eigenvalue weighted by atomic mass is 32.2. The highest BCUT2D eigenvalue weighted by molar-refractivity contribution is 7.89. The fourth-order valence-electron chi connectivity index (χ4n) is 1.44. The van der Waals surface area contributed by atoms with Crippen LogP contribution in [0.5, 0.6) is 0 Å². The molecule has 0 amide bonds. The maximum absolute atomic E-state index is 12.9. The molecule has 0 radical (unpaired) electrons. The molecule has 1 aromatic rings. The number of β-amino-alcohol motifs (C(OH)–C–C–N with tert-alkyl or cyclic N) is 1. The molecule has 1 saturated heterocycles. The van der Waals surface area contributed by atoms with E-state index < -0.39 is 21.9 Å². The molecular weight excluding hydrogens is 235 g/mol. The van der Waals surface area contributed by atoms with Gasteiger partial charge in [-0.2, -0.15) is 4.31 Å². The molecule has 0 saturated carbocycles. The van der Waals surface area contributed by atoms with Gasteiger partial charge in [-0.05, 0) is 18.2 Å². The van der Waals surface area contributed by atoms with E-state index in [0.717, 1.165) is 22.5 Å². The average molecular weight is 246 g/mol. The average Bonchev–Trinajstić information content (AvgIpc) is 2.17. The largest absolute Gasteiger partial charge is 0.396 e. The van der Waals surface area contributed by atoms with Crippen molar-refractivity contribution in [1.82, 2.24) is 4.31 Å². The molecular formula is C9H11FN2O3S. The van der Waals surface area contributed by atoms with Crippen molar-refractivity contribution in [3.05, 3.63) is 24.0 Å². The number of anilines is 1. The Balaban J connectivity index is 2.33. The normalized spacial score (nSPS) is 18.4. The van der Waals surface area contributed by atoms with Crippen LogP contribution in [0.3, 0.4) is 0 Å². The van der Waals surface area contributed by atoms with Crippen LogP contribution < -0.4 is 5.73 Å².